The molecule has 19 heavy (non-hydrogen) atoms. The Kier molecular flexibility index (Phi) is 4.80. The van der Waals surface area contributed by atoms with Gasteiger partial charge in [-0.2, -0.15) is 0 Å². The molecule has 2 aromatic rings. The third-order valence-corrected chi connectivity index (χ3v) is 3.80. The summed E-state index contributed by atoms with van der Waals surface area (Å²) in [5.74, 6) is -0.732. The second-order valence-corrected chi connectivity index (χ2v) is 5.44. The molecule has 0 unspecified atom stereocenters. The number of anilines is 1. The first-order chi connectivity index (χ1) is 9.15. The van der Waals surface area contributed by atoms with Crippen LogP contribution in [-0.2, 0) is 6.42 Å². The maximum atomic E-state index is 13.0. The zero-order valence-corrected chi connectivity index (χ0v) is 11.2. The molecule has 2 aromatic carbocycles. The van der Waals surface area contributed by atoms with Gasteiger partial charge in [-0.1, -0.05) is 12.1 Å². The van der Waals surface area contributed by atoms with Crippen LogP contribution in [-0.4, -0.2) is 5.75 Å². The van der Waals surface area contributed by atoms with Crippen molar-refractivity contribution in [3.05, 3.63) is 59.7 Å². The number of halogens is 2. The maximum Gasteiger partial charge on any atom is 0.159 e. The molecule has 0 amide bonds. The van der Waals surface area contributed by atoms with E-state index in [2.05, 4.69) is 0 Å². The number of nitrogens with two attached hydrogens (primary N) is 1. The summed E-state index contributed by atoms with van der Waals surface area (Å²) < 4.78 is 25.7. The first kappa shape index (κ1) is 13.9. The molecule has 0 bridgehead atoms. The Labute approximate surface area is 115 Å². The second kappa shape index (κ2) is 6.57. The lowest BCUT2D eigenvalue weighted by Crippen LogP contribution is -1.91. The number of aryl methyl sites for hydroxylation is 1. The van der Waals surface area contributed by atoms with Crippen LogP contribution in [0.1, 0.15) is 12.0 Å². The van der Waals surface area contributed by atoms with Crippen LogP contribution in [0.5, 0.6) is 0 Å². The molecule has 0 aliphatic carbocycles. The molecule has 0 aliphatic rings. The Morgan fingerprint density at radius 3 is 2.58 bits per heavy atom. The smallest absolute Gasteiger partial charge is 0.159 e. The number of nitrogen functional groups attached to an aromatic ring is 1. The van der Waals surface area contributed by atoms with Crippen molar-refractivity contribution < 1.29 is 8.78 Å². The highest BCUT2D eigenvalue weighted by Gasteiger charge is 2.03. The number of thioether (sulfide) groups is 1. The monoisotopic (exact) mass is 279 g/mol. The Morgan fingerprint density at radius 2 is 1.84 bits per heavy atom. The van der Waals surface area contributed by atoms with Crippen LogP contribution in [0.2, 0.25) is 0 Å². The lowest BCUT2D eigenvalue weighted by atomic mass is 10.1. The van der Waals surface area contributed by atoms with Crippen LogP contribution in [0.4, 0.5) is 14.5 Å². The molecule has 2 rings (SSSR count). The average Bonchev–Trinajstić information content (AvgIpc) is 2.39. The van der Waals surface area contributed by atoms with Crippen LogP contribution in [0.25, 0.3) is 0 Å². The van der Waals surface area contributed by atoms with Gasteiger partial charge >= 0.3 is 0 Å². The van der Waals surface area contributed by atoms with Crippen molar-refractivity contribution in [2.75, 3.05) is 11.5 Å². The van der Waals surface area contributed by atoms with Gasteiger partial charge in [0.05, 0.1) is 0 Å². The minimum atomic E-state index is -0.802. The van der Waals surface area contributed by atoms with Crippen LogP contribution < -0.4 is 5.73 Å². The lowest BCUT2D eigenvalue weighted by Gasteiger charge is -2.04. The highest BCUT2D eigenvalue weighted by Crippen LogP contribution is 2.21. The van der Waals surface area contributed by atoms with E-state index < -0.39 is 11.6 Å². The average molecular weight is 279 g/mol. The van der Waals surface area contributed by atoms with E-state index in [1.807, 2.05) is 24.3 Å². The predicted molar refractivity (Wildman–Crippen MR) is 76.3 cm³/mol. The maximum absolute atomic E-state index is 13.0. The molecule has 0 spiro atoms. The summed E-state index contributed by atoms with van der Waals surface area (Å²) >= 11 is 1.53. The second-order valence-electron chi connectivity index (χ2n) is 4.27. The standard InChI is InChI=1S/C15H15F2NS/c16-14-7-6-13(10-15(14)17)19-8-2-4-11-3-1-5-12(18)9-11/h1,3,5-7,9-10H,2,4,8,18H2. The van der Waals surface area contributed by atoms with Gasteiger partial charge in [-0.25, -0.2) is 8.78 Å². The van der Waals surface area contributed by atoms with Gasteiger partial charge in [0.1, 0.15) is 0 Å². The summed E-state index contributed by atoms with van der Waals surface area (Å²) in [4.78, 5) is 0.756. The zero-order valence-electron chi connectivity index (χ0n) is 10.4. The van der Waals surface area contributed by atoms with Crippen molar-refractivity contribution in [2.45, 2.75) is 17.7 Å². The molecule has 4 heteroatoms. The number of rotatable bonds is 5. The molecule has 1 nitrogen and oxygen atoms in total. The number of hydrogen-bond acceptors (Lipinski definition) is 2. The Bertz CT molecular complexity index is 558. The number of benzene rings is 2. The van der Waals surface area contributed by atoms with Gasteiger partial charge in [0, 0.05) is 10.6 Å². The van der Waals surface area contributed by atoms with Gasteiger partial charge in [-0.15, -0.1) is 11.8 Å². The molecular formula is C15H15F2NS. The van der Waals surface area contributed by atoms with Gasteiger partial charge in [-0.05, 0) is 54.5 Å². The van der Waals surface area contributed by atoms with E-state index in [1.165, 1.54) is 23.4 Å². The molecule has 0 aromatic heterocycles. The third-order valence-electron chi connectivity index (χ3n) is 2.72. The summed E-state index contributed by atoms with van der Waals surface area (Å²) in [6.07, 6.45) is 1.90. The lowest BCUT2D eigenvalue weighted by molar-refractivity contribution is 0.506. The molecule has 0 radical (unpaired) electrons. The van der Waals surface area contributed by atoms with Crippen LogP contribution in [0.3, 0.4) is 0 Å². The molecule has 0 saturated heterocycles. The topological polar surface area (TPSA) is 26.0 Å². The van der Waals surface area contributed by atoms with E-state index in [1.54, 1.807) is 6.07 Å². The molecular weight excluding hydrogens is 264 g/mol. The highest BCUT2D eigenvalue weighted by molar-refractivity contribution is 7.99. The van der Waals surface area contributed by atoms with Crippen molar-refractivity contribution >= 4 is 17.4 Å². The van der Waals surface area contributed by atoms with Crippen LogP contribution in [0.15, 0.2) is 47.4 Å². The third kappa shape index (κ3) is 4.24. The van der Waals surface area contributed by atoms with Crippen molar-refractivity contribution in [3.8, 4) is 0 Å². The minimum absolute atomic E-state index is 0.756. The molecule has 0 saturated carbocycles. The first-order valence-electron chi connectivity index (χ1n) is 6.07. The van der Waals surface area contributed by atoms with Crippen molar-refractivity contribution in [1.29, 1.82) is 0 Å². The fourth-order valence-corrected chi connectivity index (χ4v) is 2.66. The quantitative estimate of drug-likeness (QED) is 0.502. The summed E-state index contributed by atoms with van der Waals surface area (Å²) in [6, 6.07) is 11.8. The molecule has 100 valence electrons. The van der Waals surface area contributed by atoms with Crippen LogP contribution in [0, 0.1) is 11.6 Å². The summed E-state index contributed by atoms with van der Waals surface area (Å²) in [5.41, 5.74) is 7.67. The highest BCUT2D eigenvalue weighted by atomic mass is 32.2. The molecule has 0 fully saturated rings. The number of hydrogen-bond donors (Lipinski definition) is 1. The van der Waals surface area contributed by atoms with Crippen molar-refractivity contribution in [3.63, 3.8) is 0 Å². The molecule has 0 atom stereocenters. The molecule has 0 heterocycles. The minimum Gasteiger partial charge on any atom is -0.399 e. The van der Waals surface area contributed by atoms with E-state index in [-0.39, 0.29) is 0 Å². The molecule has 2 N–H and O–H groups in total. The largest absolute Gasteiger partial charge is 0.399 e. The summed E-state index contributed by atoms with van der Waals surface area (Å²) in [6.45, 7) is 0. The fourth-order valence-electron chi connectivity index (χ4n) is 1.78. The summed E-state index contributed by atoms with van der Waals surface area (Å²) in [5, 5.41) is 0. The summed E-state index contributed by atoms with van der Waals surface area (Å²) in [7, 11) is 0. The first-order valence-corrected chi connectivity index (χ1v) is 7.06. The van der Waals surface area contributed by atoms with Gasteiger partial charge in [0.2, 0.25) is 0 Å². The van der Waals surface area contributed by atoms with Crippen molar-refractivity contribution in [1.82, 2.24) is 0 Å². The van der Waals surface area contributed by atoms with Gasteiger partial charge in [0.25, 0.3) is 0 Å². The van der Waals surface area contributed by atoms with Gasteiger partial charge < -0.3 is 5.73 Å². The Balaban J connectivity index is 1.79. The normalized spacial score (nSPS) is 10.6. The van der Waals surface area contributed by atoms with E-state index in [9.17, 15) is 8.78 Å². The van der Waals surface area contributed by atoms with Gasteiger partial charge in [0.15, 0.2) is 11.6 Å². The Hall–Kier alpha value is -1.55. The van der Waals surface area contributed by atoms with E-state index >= 15 is 0 Å². The fraction of sp³-hybridized carbons (Fsp3) is 0.200. The zero-order chi connectivity index (χ0) is 13.7. The van der Waals surface area contributed by atoms with Crippen LogP contribution >= 0.6 is 11.8 Å². The Morgan fingerprint density at radius 1 is 1.00 bits per heavy atom. The SMILES string of the molecule is Nc1cccc(CCCSc2ccc(F)c(F)c2)c1. The molecule has 0 aliphatic heterocycles. The van der Waals surface area contributed by atoms with Gasteiger partial charge in [-0.3, -0.25) is 0 Å². The predicted octanol–water partition coefficient (Wildman–Crippen LogP) is 4.27. The van der Waals surface area contributed by atoms with Crippen molar-refractivity contribution in [2.24, 2.45) is 0 Å². The van der Waals surface area contributed by atoms with E-state index in [4.69, 9.17) is 5.73 Å². The van der Waals surface area contributed by atoms with E-state index in [0.717, 1.165) is 35.2 Å². The van der Waals surface area contributed by atoms with E-state index in [0.29, 0.717) is 0 Å².